The molecule has 0 radical (unpaired) electrons. The number of para-hydroxylation sites is 1. The second-order valence-electron chi connectivity index (χ2n) is 7.70. The van der Waals surface area contributed by atoms with Gasteiger partial charge in [0.15, 0.2) is 17.3 Å². The van der Waals surface area contributed by atoms with Crippen molar-refractivity contribution in [1.82, 2.24) is 15.4 Å². The molecule has 1 aromatic heterocycles. The number of ether oxygens (including phenoxy) is 2. The van der Waals surface area contributed by atoms with Crippen LogP contribution in [0.1, 0.15) is 5.76 Å². The molecule has 2 heterocycles. The highest BCUT2D eigenvalue weighted by Crippen LogP contribution is 2.37. The molecule has 1 aliphatic rings. The maximum atomic E-state index is 13.1. The summed E-state index contributed by atoms with van der Waals surface area (Å²) in [6.07, 6.45) is 0. The van der Waals surface area contributed by atoms with E-state index in [1.54, 1.807) is 14.2 Å². The van der Waals surface area contributed by atoms with Gasteiger partial charge in [0.1, 0.15) is 11.5 Å². The van der Waals surface area contributed by atoms with E-state index < -0.39 is 0 Å². The summed E-state index contributed by atoms with van der Waals surface area (Å²) in [5, 5.41) is 7.62. The first-order valence-electron chi connectivity index (χ1n) is 10.8. The minimum Gasteiger partial charge on any atom is -0.493 e. The van der Waals surface area contributed by atoms with Crippen LogP contribution in [-0.4, -0.2) is 63.5 Å². The fraction of sp³-hybridized carbons (Fsp3) is 0.375. The van der Waals surface area contributed by atoms with Crippen molar-refractivity contribution in [2.75, 3.05) is 58.4 Å². The van der Waals surface area contributed by atoms with Crippen molar-refractivity contribution in [3.05, 3.63) is 60.1 Å². The summed E-state index contributed by atoms with van der Waals surface area (Å²) in [5.74, 6) is 1.88. The fourth-order valence-corrected chi connectivity index (χ4v) is 3.94. The molecule has 3 aromatic rings. The Balaban J connectivity index is 1.22. The second-order valence-corrected chi connectivity index (χ2v) is 7.70. The van der Waals surface area contributed by atoms with E-state index in [-0.39, 0.29) is 5.82 Å². The minimum atomic E-state index is -0.194. The van der Waals surface area contributed by atoms with Gasteiger partial charge in [-0.1, -0.05) is 11.2 Å². The SMILES string of the molecule is COc1cccc(-c2cc(CNCCN3CCN(c4ccc(F)cc4)CC3)on2)c1OC. The van der Waals surface area contributed by atoms with Crippen LogP contribution < -0.4 is 19.7 Å². The molecule has 0 aliphatic carbocycles. The normalized spacial score (nSPS) is 14.5. The van der Waals surface area contributed by atoms with Crippen molar-refractivity contribution in [1.29, 1.82) is 0 Å². The minimum absolute atomic E-state index is 0.194. The molecule has 4 rings (SSSR count). The van der Waals surface area contributed by atoms with Gasteiger partial charge >= 0.3 is 0 Å². The number of halogens is 1. The van der Waals surface area contributed by atoms with Gasteiger partial charge in [0.2, 0.25) is 0 Å². The Labute approximate surface area is 187 Å². The number of nitrogens with one attached hydrogen (secondary N) is 1. The van der Waals surface area contributed by atoms with Crippen molar-refractivity contribution in [3.8, 4) is 22.8 Å². The molecule has 0 amide bonds. The van der Waals surface area contributed by atoms with Gasteiger partial charge < -0.3 is 24.2 Å². The van der Waals surface area contributed by atoms with Crippen molar-refractivity contribution in [3.63, 3.8) is 0 Å². The van der Waals surface area contributed by atoms with Gasteiger partial charge in [-0.05, 0) is 36.4 Å². The van der Waals surface area contributed by atoms with E-state index >= 15 is 0 Å². The van der Waals surface area contributed by atoms with Crippen LogP contribution >= 0.6 is 0 Å². The lowest BCUT2D eigenvalue weighted by Crippen LogP contribution is -2.48. The van der Waals surface area contributed by atoms with E-state index in [9.17, 15) is 4.39 Å². The molecule has 0 atom stereocenters. The number of piperazine rings is 1. The smallest absolute Gasteiger partial charge is 0.170 e. The molecule has 0 unspecified atom stereocenters. The third kappa shape index (κ3) is 5.20. The first-order valence-corrected chi connectivity index (χ1v) is 10.8. The Morgan fingerprint density at radius 3 is 2.53 bits per heavy atom. The molecule has 0 spiro atoms. The van der Waals surface area contributed by atoms with Crippen LogP contribution in [0.3, 0.4) is 0 Å². The number of benzene rings is 2. The summed E-state index contributed by atoms with van der Waals surface area (Å²) in [4.78, 5) is 4.73. The molecule has 7 nitrogen and oxygen atoms in total. The summed E-state index contributed by atoms with van der Waals surface area (Å²) in [5.41, 5.74) is 2.63. The molecule has 0 bridgehead atoms. The van der Waals surface area contributed by atoms with Crippen LogP contribution in [0.5, 0.6) is 11.5 Å². The zero-order chi connectivity index (χ0) is 22.3. The van der Waals surface area contributed by atoms with Crippen molar-refractivity contribution in [2.24, 2.45) is 0 Å². The van der Waals surface area contributed by atoms with Gasteiger partial charge in [0, 0.05) is 56.6 Å². The van der Waals surface area contributed by atoms with E-state index in [1.165, 1.54) is 12.1 Å². The van der Waals surface area contributed by atoms with E-state index in [4.69, 9.17) is 14.0 Å². The van der Waals surface area contributed by atoms with Crippen molar-refractivity contribution < 1.29 is 18.4 Å². The van der Waals surface area contributed by atoms with Gasteiger partial charge in [-0.15, -0.1) is 0 Å². The van der Waals surface area contributed by atoms with E-state index in [2.05, 4.69) is 20.3 Å². The summed E-state index contributed by atoms with van der Waals surface area (Å²) in [7, 11) is 3.23. The standard InChI is InChI=1S/C24H29FN4O3/c1-30-23-5-3-4-21(24(23)31-2)22-16-20(32-27-22)17-26-10-11-28-12-14-29(15-13-28)19-8-6-18(25)7-9-19/h3-9,16,26H,10-15,17H2,1-2H3. The monoisotopic (exact) mass is 440 g/mol. The Kier molecular flexibility index (Phi) is 7.24. The maximum absolute atomic E-state index is 13.1. The quantitative estimate of drug-likeness (QED) is 0.512. The summed E-state index contributed by atoms with van der Waals surface area (Å²) in [6.45, 7) is 6.28. The van der Waals surface area contributed by atoms with Crippen LogP contribution in [0.4, 0.5) is 10.1 Å². The van der Waals surface area contributed by atoms with Crippen LogP contribution in [0.15, 0.2) is 53.1 Å². The molecule has 1 fully saturated rings. The third-order valence-corrected chi connectivity index (χ3v) is 5.71. The van der Waals surface area contributed by atoms with Crippen LogP contribution in [0.2, 0.25) is 0 Å². The molecule has 1 N–H and O–H groups in total. The molecule has 1 aliphatic heterocycles. The Bertz CT molecular complexity index is 1000. The predicted octanol–water partition coefficient (Wildman–Crippen LogP) is 3.41. The zero-order valence-electron chi connectivity index (χ0n) is 18.5. The van der Waals surface area contributed by atoms with Crippen molar-refractivity contribution in [2.45, 2.75) is 6.54 Å². The van der Waals surface area contributed by atoms with Gasteiger partial charge in [-0.3, -0.25) is 4.90 Å². The molecule has 32 heavy (non-hydrogen) atoms. The van der Waals surface area contributed by atoms with E-state index in [0.717, 1.165) is 62.0 Å². The lowest BCUT2D eigenvalue weighted by atomic mass is 10.1. The second kappa shape index (κ2) is 10.5. The lowest BCUT2D eigenvalue weighted by Gasteiger charge is -2.36. The van der Waals surface area contributed by atoms with E-state index in [1.807, 2.05) is 36.4 Å². The summed E-state index contributed by atoms with van der Waals surface area (Å²) in [6, 6.07) is 14.3. The average molecular weight is 441 g/mol. The Morgan fingerprint density at radius 2 is 1.81 bits per heavy atom. The molecule has 8 heteroatoms. The average Bonchev–Trinajstić information content (AvgIpc) is 3.31. The number of aromatic nitrogens is 1. The lowest BCUT2D eigenvalue weighted by molar-refractivity contribution is 0.255. The molecular weight excluding hydrogens is 411 g/mol. The zero-order valence-corrected chi connectivity index (χ0v) is 18.5. The van der Waals surface area contributed by atoms with Gasteiger partial charge in [0.25, 0.3) is 0 Å². The number of nitrogens with zero attached hydrogens (tertiary/aromatic N) is 3. The largest absolute Gasteiger partial charge is 0.493 e. The van der Waals surface area contributed by atoms with Gasteiger partial charge in [0.05, 0.1) is 20.8 Å². The molecule has 170 valence electrons. The molecule has 1 saturated heterocycles. The number of hydrogen-bond donors (Lipinski definition) is 1. The number of methoxy groups -OCH3 is 2. The first kappa shape index (κ1) is 22.1. The fourth-order valence-electron chi connectivity index (χ4n) is 3.94. The predicted molar refractivity (Wildman–Crippen MR) is 122 cm³/mol. The summed E-state index contributed by atoms with van der Waals surface area (Å²) < 4.78 is 29.5. The third-order valence-electron chi connectivity index (χ3n) is 5.71. The number of anilines is 1. The highest BCUT2D eigenvalue weighted by atomic mass is 19.1. The number of rotatable bonds is 9. The Morgan fingerprint density at radius 1 is 1.03 bits per heavy atom. The van der Waals surface area contributed by atoms with E-state index in [0.29, 0.717) is 18.0 Å². The van der Waals surface area contributed by atoms with Gasteiger partial charge in [-0.25, -0.2) is 4.39 Å². The van der Waals surface area contributed by atoms with Crippen molar-refractivity contribution >= 4 is 5.69 Å². The molecule has 0 saturated carbocycles. The highest BCUT2D eigenvalue weighted by Gasteiger charge is 2.17. The van der Waals surface area contributed by atoms with Crippen LogP contribution in [0.25, 0.3) is 11.3 Å². The van der Waals surface area contributed by atoms with Gasteiger partial charge in [-0.2, -0.15) is 0 Å². The molecule has 2 aromatic carbocycles. The first-order chi connectivity index (χ1) is 15.7. The topological polar surface area (TPSA) is 63.0 Å². The van der Waals surface area contributed by atoms with Crippen LogP contribution in [0, 0.1) is 5.82 Å². The number of hydrogen-bond acceptors (Lipinski definition) is 7. The summed E-state index contributed by atoms with van der Waals surface area (Å²) >= 11 is 0. The Hall–Kier alpha value is -3.10. The maximum Gasteiger partial charge on any atom is 0.170 e. The highest BCUT2D eigenvalue weighted by molar-refractivity contribution is 5.71. The van der Waals surface area contributed by atoms with Crippen LogP contribution in [-0.2, 0) is 6.54 Å². The molecular formula is C24H29FN4O3.